The van der Waals surface area contributed by atoms with Gasteiger partial charge in [-0.1, -0.05) is 31.4 Å². The molecule has 6 heteroatoms. The molecule has 1 N–H and O–H groups in total. The second-order valence-corrected chi connectivity index (χ2v) is 9.40. The lowest BCUT2D eigenvalue weighted by Gasteiger charge is -2.36. The minimum Gasteiger partial charge on any atom is -0.352 e. The molecule has 1 aromatic rings. The quantitative estimate of drug-likeness (QED) is 0.823. The highest BCUT2D eigenvalue weighted by Crippen LogP contribution is 2.34. The number of para-hydroxylation sites is 1. The van der Waals surface area contributed by atoms with Gasteiger partial charge in [0.2, 0.25) is 11.8 Å². The summed E-state index contributed by atoms with van der Waals surface area (Å²) in [5, 5.41) is 3.18. The van der Waals surface area contributed by atoms with Gasteiger partial charge in [-0.3, -0.25) is 9.59 Å². The van der Waals surface area contributed by atoms with Gasteiger partial charge in [-0.2, -0.15) is 0 Å². The Morgan fingerprint density at radius 1 is 1.07 bits per heavy atom. The van der Waals surface area contributed by atoms with E-state index < -0.39 is 0 Å². The van der Waals surface area contributed by atoms with Crippen LogP contribution in [0.1, 0.15) is 44.9 Å². The van der Waals surface area contributed by atoms with Crippen LogP contribution in [0.3, 0.4) is 0 Å². The third-order valence-corrected chi connectivity index (χ3v) is 7.35. The Hall–Kier alpha value is -1.53. The number of piperidine rings is 1. The fourth-order valence-corrected chi connectivity index (χ4v) is 5.67. The maximum absolute atomic E-state index is 12.6. The number of nitrogens with one attached hydrogen (secondary N) is 1. The van der Waals surface area contributed by atoms with Gasteiger partial charge in [-0.25, -0.2) is 0 Å². The maximum Gasteiger partial charge on any atom is 0.240 e. The second-order valence-electron chi connectivity index (χ2n) is 8.38. The first kappa shape index (κ1) is 19.8. The van der Waals surface area contributed by atoms with E-state index in [-0.39, 0.29) is 24.4 Å². The van der Waals surface area contributed by atoms with E-state index in [4.69, 9.17) is 0 Å². The van der Waals surface area contributed by atoms with Crippen LogP contribution in [0.2, 0.25) is 0 Å². The fraction of sp³-hybridized carbons (Fsp3) is 0.636. The first-order valence-corrected chi connectivity index (χ1v) is 11.7. The topological polar surface area (TPSA) is 52.7 Å². The molecule has 0 radical (unpaired) electrons. The van der Waals surface area contributed by atoms with Gasteiger partial charge in [-0.15, -0.1) is 11.8 Å². The second kappa shape index (κ2) is 9.31. The molecule has 0 atom stereocenters. The highest BCUT2D eigenvalue weighted by molar-refractivity contribution is 8.00. The molecule has 152 valence electrons. The molecule has 3 aliphatic rings. The van der Waals surface area contributed by atoms with Gasteiger partial charge in [0.15, 0.2) is 0 Å². The van der Waals surface area contributed by atoms with Crippen molar-refractivity contribution in [3.63, 3.8) is 0 Å². The van der Waals surface area contributed by atoms with Crippen molar-refractivity contribution in [2.45, 2.75) is 55.9 Å². The number of hydrogen-bond donors (Lipinski definition) is 1. The SMILES string of the molecule is O=C(CN1C(=O)CSc2ccccc21)NC1CCN(CC2CCCCC2)CC1. The van der Waals surface area contributed by atoms with Gasteiger partial charge in [-0.05, 0) is 43.7 Å². The first-order chi connectivity index (χ1) is 13.7. The number of amides is 2. The van der Waals surface area contributed by atoms with Crippen LogP contribution in [-0.4, -0.2) is 54.7 Å². The smallest absolute Gasteiger partial charge is 0.240 e. The Balaban J connectivity index is 1.24. The molecule has 4 rings (SSSR count). The lowest BCUT2D eigenvalue weighted by atomic mass is 9.88. The predicted molar refractivity (Wildman–Crippen MR) is 114 cm³/mol. The van der Waals surface area contributed by atoms with Crippen LogP contribution < -0.4 is 10.2 Å². The summed E-state index contributed by atoms with van der Waals surface area (Å²) in [4.78, 5) is 30.2. The van der Waals surface area contributed by atoms with Crippen LogP contribution in [-0.2, 0) is 9.59 Å². The van der Waals surface area contributed by atoms with Crippen molar-refractivity contribution < 1.29 is 9.59 Å². The number of likely N-dealkylation sites (tertiary alicyclic amines) is 1. The molecular formula is C22H31N3O2S. The van der Waals surface area contributed by atoms with Gasteiger partial charge >= 0.3 is 0 Å². The first-order valence-electron chi connectivity index (χ1n) is 10.7. The van der Waals surface area contributed by atoms with E-state index in [0.717, 1.165) is 42.4 Å². The number of thioether (sulfide) groups is 1. The molecule has 1 saturated heterocycles. The largest absolute Gasteiger partial charge is 0.352 e. The Bertz CT molecular complexity index is 697. The Morgan fingerprint density at radius 3 is 2.61 bits per heavy atom. The number of carbonyl (C=O) groups excluding carboxylic acids is 2. The van der Waals surface area contributed by atoms with Gasteiger partial charge in [0.05, 0.1) is 11.4 Å². The van der Waals surface area contributed by atoms with Crippen molar-refractivity contribution in [1.82, 2.24) is 10.2 Å². The maximum atomic E-state index is 12.6. The third-order valence-electron chi connectivity index (χ3n) is 6.30. The third kappa shape index (κ3) is 4.90. The monoisotopic (exact) mass is 401 g/mol. The number of rotatable bonds is 5. The van der Waals surface area contributed by atoms with Gasteiger partial charge in [0, 0.05) is 30.6 Å². The van der Waals surface area contributed by atoms with E-state index in [1.165, 1.54) is 38.6 Å². The molecule has 2 amide bonds. The molecule has 5 nitrogen and oxygen atoms in total. The van der Waals surface area contributed by atoms with Crippen molar-refractivity contribution >= 4 is 29.3 Å². The molecule has 28 heavy (non-hydrogen) atoms. The van der Waals surface area contributed by atoms with Crippen LogP contribution in [0.15, 0.2) is 29.2 Å². The summed E-state index contributed by atoms with van der Waals surface area (Å²) in [5.74, 6) is 1.26. The standard InChI is InChI=1S/C22H31N3O2S/c26-21(15-25-19-8-4-5-9-20(19)28-16-22(25)27)23-18-10-12-24(13-11-18)14-17-6-2-1-3-7-17/h4-5,8-9,17-18H,1-3,6-7,10-16H2,(H,23,26). The highest BCUT2D eigenvalue weighted by Gasteiger charge is 2.28. The number of anilines is 1. The van der Waals surface area contributed by atoms with E-state index in [1.807, 2.05) is 24.3 Å². The zero-order valence-corrected chi connectivity index (χ0v) is 17.4. The van der Waals surface area contributed by atoms with Crippen LogP contribution in [0.25, 0.3) is 0 Å². The van der Waals surface area contributed by atoms with Crippen molar-refractivity contribution in [3.05, 3.63) is 24.3 Å². The van der Waals surface area contributed by atoms with Crippen molar-refractivity contribution in [2.24, 2.45) is 5.92 Å². The van der Waals surface area contributed by atoms with E-state index in [2.05, 4.69) is 10.2 Å². The van der Waals surface area contributed by atoms with Gasteiger partial charge < -0.3 is 15.1 Å². The minimum absolute atomic E-state index is 0.0150. The van der Waals surface area contributed by atoms with E-state index >= 15 is 0 Å². The zero-order chi connectivity index (χ0) is 19.3. The van der Waals surface area contributed by atoms with Crippen molar-refractivity contribution in [2.75, 3.05) is 36.8 Å². The minimum atomic E-state index is -0.0409. The van der Waals surface area contributed by atoms with Crippen LogP contribution in [0.5, 0.6) is 0 Å². The van der Waals surface area contributed by atoms with Crippen LogP contribution >= 0.6 is 11.8 Å². The molecule has 0 aromatic heterocycles. The molecule has 1 aromatic carbocycles. The molecule has 0 unspecified atom stereocenters. The van der Waals surface area contributed by atoms with E-state index in [1.54, 1.807) is 16.7 Å². The zero-order valence-electron chi connectivity index (χ0n) is 16.6. The Morgan fingerprint density at radius 2 is 1.82 bits per heavy atom. The molecule has 0 bridgehead atoms. The molecule has 2 fully saturated rings. The number of hydrogen-bond acceptors (Lipinski definition) is 4. The summed E-state index contributed by atoms with van der Waals surface area (Å²) < 4.78 is 0. The molecule has 2 heterocycles. The molecule has 0 spiro atoms. The lowest BCUT2D eigenvalue weighted by molar-refractivity contribution is -0.123. The molecule has 1 aliphatic carbocycles. The lowest BCUT2D eigenvalue weighted by Crippen LogP contribution is -2.49. The summed E-state index contributed by atoms with van der Waals surface area (Å²) in [6.45, 7) is 3.50. The highest BCUT2D eigenvalue weighted by atomic mass is 32.2. The fourth-order valence-electron chi connectivity index (χ4n) is 4.74. The van der Waals surface area contributed by atoms with E-state index in [0.29, 0.717) is 5.75 Å². The van der Waals surface area contributed by atoms with Crippen molar-refractivity contribution in [1.29, 1.82) is 0 Å². The predicted octanol–water partition coefficient (Wildman–Crippen LogP) is 3.29. The Labute approximate surface area is 172 Å². The van der Waals surface area contributed by atoms with E-state index in [9.17, 15) is 9.59 Å². The number of benzene rings is 1. The number of fused-ring (bicyclic) bond motifs is 1. The summed E-state index contributed by atoms with van der Waals surface area (Å²) >= 11 is 1.55. The average Bonchev–Trinajstić information content (AvgIpc) is 2.72. The van der Waals surface area contributed by atoms with Gasteiger partial charge in [0.25, 0.3) is 0 Å². The number of carbonyl (C=O) groups is 2. The number of nitrogens with zero attached hydrogens (tertiary/aromatic N) is 2. The van der Waals surface area contributed by atoms with Crippen LogP contribution in [0.4, 0.5) is 5.69 Å². The summed E-state index contributed by atoms with van der Waals surface area (Å²) in [6, 6.07) is 8.07. The summed E-state index contributed by atoms with van der Waals surface area (Å²) in [7, 11) is 0. The summed E-state index contributed by atoms with van der Waals surface area (Å²) in [6.07, 6.45) is 9.01. The summed E-state index contributed by atoms with van der Waals surface area (Å²) in [5.41, 5.74) is 0.862. The Kier molecular flexibility index (Phi) is 6.58. The van der Waals surface area contributed by atoms with Crippen molar-refractivity contribution in [3.8, 4) is 0 Å². The van der Waals surface area contributed by atoms with Gasteiger partial charge in [0.1, 0.15) is 6.54 Å². The molecule has 1 saturated carbocycles. The average molecular weight is 402 g/mol. The van der Waals surface area contributed by atoms with Crippen LogP contribution in [0, 0.1) is 5.92 Å². The normalized spacial score (nSPS) is 22.1. The molecule has 2 aliphatic heterocycles. The molecular weight excluding hydrogens is 370 g/mol.